The molecule has 0 aliphatic heterocycles. The van der Waals surface area contributed by atoms with E-state index in [1.54, 1.807) is 18.2 Å². The van der Waals surface area contributed by atoms with Crippen molar-refractivity contribution in [2.45, 2.75) is 11.3 Å². The van der Waals surface area contributed by atoms with E-state index in [0.717, 1.165) is 28.2 Å². The van der Waals surface area contributed by atoms with E-state index in [2.05, 4.69) is 18.5 Å². The van der Waals surface area contributed by atoms with Crippen molar-refractivity contribution in [1.82, 2.24) is 18.5 Å². The normalized spacial score (nSPS) is 12.2. The molecule has 0 aliphatic carbocycles. The number of sulfonamides is 1. The lowest BCUT2D eigenvalue weighted by Gasteiger charge is -2.06. The van der Waals surface area contributed by atoms with Crippen LogP contribution in [-0.2, 0) is 16.4 Å². The summed E-state index contributed by atoms with van der Waals surface area (Å²) in [5, 5.41) is 1.11. The van der Waals surface area contributed by atoms with Crippen LogP contribution in [-0.4, -0.2) is 28.7 Å². The Morgan fingerprint density at radius 2 is 1.96 bits per heavy atom. The third-order valence-electron chi connectivity index (χ3n) is 3.90. The van der Waals surface area contributed by atoms with Gasteiger partial charge in [-0.3, -0.25) is 0 Å². The Morgan fingerprint density at radius 3 is 2.88 bits per heavy atom. The minimum atomic E-state index is -3.62. The number of aromatic amines is 1. The van der Waals surface area contributed by atoms with Crippen molar-refractivity contribution in [3.63, 3.8) is 0 Å². The molecule has 0 radical (unpaired) electrons. The minimum absolute atomic E-state index is 0.174. The van der Waals surface area contributed by atoms with Crippen molar-refractivity contribution >= 4 is 43.7 Å². The smallest absolute Gasteiger partial charge is 0.242 e. The molecule has 0 atom stereocenters. The summed E-state index contributed by atoms with van der Waals surface area (Å²) in [4.78, 5) is 3.37. The van der Waals surface area contributed by atoms with Crippen LogP contribution in [0.5, 0.6) is 0 Å². The number of nitrogens with one attached hydrogen (secondary N) is 2. The molecule has 0 unspecified atom stereocenters. The zero-order chi connectivity index (χ0) is 16.6. The molecule has 2 aromatic heterocycles. The molecule has 8 heteroatoms. The molecular formula is C16H14N4O2S2. The van der Waals surface area contributed by atoms with Gasteiger partial charge in [-0.1, -0.05) is 24.3 Å². The highest BCUT2D eigenvalue weighted by molar-refractivity contribution is 7.89. The molecule has 0 fully saturated rings. The predicted octanol–water partition coefficient (Wildman–Crippen LogP) is 2.69. The van der Waals surface area contributed by atoms with Gasteiger partial charge in [0.15, 0.2) is 0 Å². The molecule has 0 aliphatic rings. The third-order valence-corrected chi connectivity index (χ3v) is 5.94. The number of fused-ring (bicyclic) bond motifs is 2. The van der Waals surface area contributed by atoms with Crippen molar-refractivity contribution in [3.8, 4) is 0 Å². The molecule has 6 nitrogen and oxygen atoms in total. The molecule has 2 aromatic carbocycles. The first-order chi connectivity index (χ1) is 11.6. The lowest BCUT2D eigenvalue weighted by Crippen LogP contribution is -2.26. The number of hydrogen-bond donors (Lipinski definition) is 2. The van der Waals surface area contributed by atoms with Crippen molar-refractivity contribution in [3.05, 3.63) is 54.2 Å². The van der Waals surface area contributed by atoms with Crippen LogP contribution in [0.2, 0.25) is 0 Å². The van der Waals surface area contributed by atoms with Gasteiger partial charge in [0.25, 0.3) is 0 Å². The first-order valence-electron chi connectivity index (χ1n) is 7.41. The van der Waals surface area contributed by atoms with Gasteiger partial charge < -0.3 is 4.98 Å². The Hall–Kier alpha value is -2.29. The fourth-order valence-corrected chi connectivity index (χ4v) is 4.53. The maximum atomic E-state index is 12.6. The SMILES string of the molecule is O=S(=O)(NCCc1c[nH]c2ccccc12)c1cccc2nsnc12. The van der Waals surface area contributed by atoms with E-state index in [0.29, 0.717) is 24.0 Å². The van der Waals surface area contributed by atoms with Crippen molar-refractivity contribution < 1.29 is 8.42 Å². The van der Waals surface area contributed by atoms with Crippen LogP contribution in [0.25, 0.3) is 21.9 Å². The van der Waals surface area contributed by atoms with Gasteiger partial charge in [-0.15, -0.1) is 0 Å². The van der Waals surface area contributed by atoms with Gasteiger partial charge in [-0.2, -0.15) is 8.75 Å². The van der Waals surface area contributed by atoms with E-state index in [1.165, 1.54) is 0 Å². The van der Waals surface area contributed by atoms with E-state index in [9.17, 15) is 8.42 Å². The van der Waals surface area contributed by atoms with Gasteiger partial charge in [-0.25, -0.2) is 13.1 Å². The fraction of sp³-hybridized carbons (Fsp3) is 0.125. The highest BCUT2D eigenvalue weighted by atomic mass is 32.2. The number of H-pyrrole nitrogens is 1. The Labute approximate surface area is 142 Å². The first-order valence-corrected chi connectivity index (χ1v) is 9.62. The zero-order valence-electron chi connectivity index (χ0n) is 12.6. The van der Waals surface area contributed by atoms with E-state index in [1.807, 2.05) is 30.5 Å². The molecule has 0 saturated carbocycles. The molecule has 0 saturated heterocycles. The maximum absolute atomic E-state index is 12.6. The van der Waals surface area contributed by atoms with Gasteiger partial charge >= 0.3 is 0 Å². The molecule has 4 aromatic rings. The van der Waals surface area contributed by atoms with Gasteiger partial charge in [-0.05, 0) is 30.2 Å². The number of benzene rings is 2. The highest BCUT2D eigenvalue weighted by Crippen LogP contribution is 2.21. The second-order valence-electron chi connectivity index (χ2n) is 5.40. The largest absolute Gasteiger partial charge is 0.361 e. The molecule has 2 N–H and O–H groups in total. The summed E-state index contributed by atoms with van der Waals surface area (Å²) < 4.78 is 35.9. The number of aromatic nitrogens is 3. The Bertz CT molecular complexity index is 1120. The lowest BCUT2D eigenvalue weighted by molar-refractivity contribution is 0.582. The molecule has 0 bridgehead atoms. The van der Waals surface area contributed by atoms with E-state index >= 15 is 0 Å². The Kier molecular flexibility index (Phi) is 3.79. The van der Waals surface area contributed by atoms with Crippen LogP contribution in [0.1, 0.15) is 5.56 Å². The van der Waals surface area contributed by atoms with E-state index < -0.39 is 10.0 Å². The second kappa shape index (κ2) is 5.97. The number of para-hydroxylation sites is 1. The monoisotopic (exact) mass is 358 g/mol. The van der Waals surface area contributed by atoms with Crippen LogP contribution in [0.4, 0.5) is 0 Å². The quantitative estimate of drug-likeness (QED) is 0.574. The maximum Gasteiger partial charge on any atom is 0.242 e. The topological polar surface area (TPSA) is 87.7 Å². The van der Waals surface area contributed by atoms with Crippen LogP contribution in [0, 0.1) is 0 Å². The molecule has 4 rings (SSSR count). The highest BCUT2D eigenvalue weighted by Gasteiger charge is 2.19. The summed E-state index contributed by atoms with van der Waals surface area (Å²) in [5.41, 5.74) is 3.15. The zero-order valence-corrected chi connectivity index (χ0v) is 14.2. The van der Waals surface area contributed by atoms with E-state index in [-0.39, 0.29) is 4.90 Å². The Balaban J connectivity index is 1.54. The standard InChI is InChI=1S/C16H14N4O2S2/c21-24(22,15-7-3-6-14-16(15)20-23-19-14)18-9-8-11-10-17-13-5-2-1-4-12(11)13/h1-7,10,17-18H,8-9H2. The van der Waals surface area contributed by atoms with Crippen LogP contribution in [0.15, 0.2) is 53.6 Å². The summed E-state index contributed by atoms with van der Waals surface area (Å²) in [5.74, 6) is 0. The summed E-state index contributed by atoms with van der Waals surface area (Å²) in [7, 11) is -3.62. The summed E-state index contributed by atoms with van der Waals surface area (Å²) in [6.45, 7) is 0.318. The molecule has 0 spiro atoms. The second-order valence-corrected chi connectivity index (χ2v) is 7.66. The summed E-state index contributed by atoms with van der Waals surface area (Å²) >= 11 is 1.01. The number of hydrogen-bond acceptors (Lipinski definition) is 5. The molecular weight excluding hydrogens is 344 g/mol. The lowest BCUT2D eigenvalue weighted by atomic mass is 10.1. The van der Waals surface area contributed by atoms with Gasteiger partial charge in [0.1, 0.15) is 15.9 Å². The predicted molar refractivity (Wildman–Crippen MR) is 94.6 cm³/mol. The number of nitrogens with zero attached hydrogens (tertiary/aromatic N) is 2. The third kappa shape index (κ3) is 2.68. The van der Waals surface area contributed by atoms with Crippen LogP contribution < -0.4 is 4.72 Å². The summed E-state index contributed by atoms with van der Waals surface area (Å²) in [6, 6.07) is 12.9. The van der Waals surface area contributed by atoms with Crippen molar-refractivity contribution in [2.24, 2.45) is 0 Å². The van der Waals surface area contributed by atoms with Crippen LogP contribution >= 0.6 is 11.7 Å². The van der Waals surface area contributed by atoms with Gasteiger partial charge in [0, 0.05) is 23.6 Å². The molecule has 122 valence electrons. The average molecular weight is 358 g/mol. The van der Waals surface area contributed by atoms with Crippen LogP contribution in [0.3, 0.4) is 0 Å². The van der Waals surface area contributed by atoms with Gasteiger partial charge in [0.05, 0.1) is 11.7 Å². The molecule has 0 amide bonds. The number of rotatable bonds is 5. The van der Waals surface area contributed by atoms with Crippen molar-refractivity contribution in [1.29, 1.82) is 0 Å². The molecule has 24 heavy (non-hydrogen) atoms. The Morgan fingerprint density at radius 1 is 1.08 bits per heavy atom. The fourth-order valence-electron chi connectivity index (χ4n) is 2.73. The van der Waals surface area contributed by atoms with Crippen molar-refractivity contribution in [2.75, 3.05) is 6.54 Å². The average Bonchev–Trinajstić information content (AvgIpc) is 3.21. The minimum Gasteiger partial charge on any atom is -0.361 e. The first kappa shape index (κ1) is 15.3. The van der Waals surface area contributed by atoms with Gasteiger partial charge in [0.2, 0.25) is 10.0 Å². The molecule has 2 heterocycles. The van der Waals surface area contributed by atoms with E-state index in [4.69, 9.17) is 0 Å². The summed E-state index contributed by atoms with van der Waals surface area (Å²) in [6.07, 6.45) is 2.53.